The molecule has 4 atom stereocenters. The van der Waals surface area contributed by atoms with Crippen LogP contribution in [0.5, 0.6) is 0 Å². The summed E-state index contributed by atoms with van der Waals surface area (Å²) in [5, 5.41) is 14.7. The van der Waals surface area contributed by atoms with E-state index < -0.39 is 56.5 Å². The zero-order valence-corrected chi connectivity index (χ0v) is 19.0. The van der Waals surface area contributed by atoms with Crippen molar-refractivity contribution in [2.24, 2.45) is 17.0 Å². The monoisotopic (exact) mass is 514 g/mol. The second-order valence-electron chi connectivity index (χ2n) is 8.46. The van der Waals surface area contributed by atoms with E-state index >= 15 is 0 Å². The number of azide groups is 1. The summed E-state index contributed by atoms with van der Waals surface area (Å²) in [5.41, 5.74) is 7.18. The smallest absolute Gasteiger partial charge is 0.255 e. The number of carbonyl (C=O) groups is 1. The molecule has 4 rings (SSSR count). The summed E-state index contributed by atoms with van der Waals surface area (Å²) in [6.45, 7) is -0.495. The van der Waals surface area contributed by atoms with E-state index in [4.69, 9.17) is 17.1 Å². The quantitative estimate of drug-likeness (QED) is 0.252. The van der Waals surface area contributed by atoms with Gasteiger partial charge in [0.05, 0.1) is 27.3 Å². The lowest BCUT2D eigenvalue weighted by Gasteiger charge is -2.31. The number of amides is 1. The number of hydrogen-bond donors (Lipinski definition) is 2. The first-order valence-corrected chi connectivity index (χ1v) is 12.1. The molecule has 8 nitrogen and oxygen atoms in total. The highest BCUT2D eigenvalue weighted by atomic mass is 35.5. The number of nitrogens with one attached hydrogen (secondary N) is 1. The number of benzene rings is 2. The van der Waals surface area contributed by atoms with E-state index in [1.165, 1.54) is 12.1 Å². The Kier molecular flexibility index (Phi) is 6.28. The summed E-state index contributed by atoms with van der Waals surface area (Å²) in [6.07, 6.45) is 1.21. The Morgan fingerprint density at radius 1 is 1.24 bits per heavy atom. The molecule has 2 fully saturated rings. The largest absolute Gasteiger partial charge is 0.396 e. The number of anilines is 1. The number of aliphatic hydroxyl groups is 1. The van der Waals surface area contributed by atoms with Crippen LogP contribution in [0.2, 0.25) is 5.02 Å². The Morgan fingerprint density at radius 2 is 1.91 bits per heavy atom. The van der Waals surface area contributed by atoms with Crippen LogP contribution in [0.3, 0.4) is 0 Å². The van der Waals surface area contributed by atoms with Gasteiger partial charge in [-0.25, -0.2) is 21.6 Å². The predicted octanol–water partition coefficient (Wildman–Crippen LogP) is 4.62. The maximum atomic E-state index is 13.6. The zero-order chi connectivity index (χ0) is 24.8. The van der Waals surface area contributed by atoms with Crippen LogP contribution in [0, 0.1) is 29.3 Å². The fourth-order valence-electron chi connectivity index (χ4n) is 5.18. The molecule has 0 heterocycles. The molecule has 2 aromatic rings. The molecule has 180 valence electrons. The van der Waals surface area contributed by atoms with Gasteiger partial charge in [-0.1, -0.05) is 16.7 Å². The van der Waals surface area contributed by atoms with Crippen molar-refractivity contribution in [2.45, 2.75) is 34.9 Å². The number of hydrogen-bond acceptors (Lipinski definition) is 5. The number of nitrogens with zero attached hydrogens (tertiary/aromatic N) is 3. The fraction of sp³-hybridized carbons (Fsp3) is 0.381. The molecule has 0 spiro atoms. The minimum absolute atomic E-state index is 0.139. The van der Waals surface area contributed by atoms with Crippen molar-refractivity contribution >= 4 is 33.0 Å². The topological polar surface area (TPSA) is 132 Å². The highest BCUT2D eigenvalue weighted by molar-refractivity contribution is 7.92. The minimum Gasteiger partial charge on any atom is -0.396 e. The molecule has 2 saturated carbocycles. The molecule has 2 N–H and O–H groups in total. The first-order chi connectivity index (χ1) is 16.0. The summed E-state index contributed by atoms with van der Waals surface area (Å²) in [4.78, 5) is 15.1. The summed E-state index contributed by atoms with van der Waals surface area (Å²) in [5.74, 6) is -6.58. The van der Waals surface area contributed by atoms with Gasteiger partial charge in [0, 0.05) is 28.3 Å². The van der Waals surface area contributed by atoms with Crippen molar-refractivity contribution < 1.29 is 31.5 Å². The van der Waals surface area contributed by atoms with Gasteiger partial charge in [0.1, 0.15) is 0 Å². The summed E-state index contributed by atoms with van der Waals surface area (Å²) < 4.78 is 67.3. The van der Waals surface area contributed by atoms with E-state index in [9.17, 15) is 31.5 Å². The second-order valence-corrected chi connectivity index (χ2v) is 10.9. The lowest BCUT2D eigenvalue weighted by molar-refractivity contribution is 0.102. The molecule has 34 heavy (non-hydrogen) atoms. The van der Waals surface area contributed by atoms with Crippen LogP contribution in [0.4, 0.5) is 18.9 Å². The molecule has 13 heteroatoms. The molecule has 3 unspecified atom stereocenters. The van der Waals surface area contributed by atoms with Gasteiger partial charge in [-0.05, 0) is 54.8 Å². The maximum Gasteiger partial charge on any atom is 0.255 e. The van der Waals surface area contributed by atoms with Gasteiger partial charge in [0.25, 0.3) is 5.91 Å². The molecular formula is C21H18ClF3N4O4S. The highest BCUT2D eigenvalue weighted by Crippen LogP contribution is 2.56. The summed E-state index contributed by atoms with van der Waals surface area (Å²) >= 11 is 6.18. The van der Waals surface area contributed by atoms with Crippen LogP contribution in [-0.4, -0.2) is 36.8 Å². The Bertz CT molecular complexity index is 1310. The van der Waals surface area contributed by atoms with Crippen molar-refractivity contribution in [3.63, 3.8) is 0 Å². The van der Waals surface area contributed by atoms with Crippen LogP contribution >= 0.6 is 11.6 Å². The highest BCUT2D eigenvalue weighted by Gasteiger charge is 2.61. The number of halogens is 4. The predicted molar refractivity (Wildman–Crippen MR) is 116 cm³/mol. The van der Waals surface area contributed by atoms with E-state index in [-0.39, 0.29) is 33.5 Å². The van der Waals surface area contributed by atoms with Crippen LogP contribution in [0.15, 0.2) is 40.3 Å². The third-order valence-electron chi connectivity index (χ3n) is 6.63. The van der Waals surface area contributed by atoms with Crippen molar-refractivity contribution in [1.29, 1.82) is 0 Å². The Hall–Kier alpha value is -2.79. The van der Waals surface area contributed by atoms with Gasteiger partial charge in [-0.15, -0.1) is 0 Å². The van der Waals surface area contributed by atoms with Crippen LogP contribution < -0.4 is 5.32 Å². The third kappa shape index (κ3) is 3.90. The molecule has 2 aliphatic rings. The standard InChI is InChI=1S/C21H18ClF3N4O4S/c22-14-4-2-10(20(31)27-12-6-15(23)18(25)16(24)7-12)5-17(14)34(32,33)19-11-1-3-13(19)21(8-11,9-30)28-29-26/h2,4-7,11,13,19,30H,1,3,8-9H2,(H,27,31)/t11?,13?,19-,21?/m1/s1. The Balaban J connectivity index is 1.67. The van der Waals surface area contributed by atoms with Gasteiger partial charge in [-0.3, -0.25) is 4.79 Å². The number of fused-ring (bicyclic) bond motifs is 2. The zero-order valence-electron chi connectivity index (χ0n) is 17.4. The SMILES string of the molecule is [N-]=[N+]=NC1(CO)CC2CCC1[C@@H]2S(=O)(=O)c1cc(C(=O)Nc2cc(F)c(F)c(F)c2)ccc1Cl. The number of aliphatic hydroxyl groups excluding tert-OH is 1. The first kappa shape index (κ1) is 24.3. The molecule has 0 aliphatic heterocycles. The lowest BCUT2D eigenvalue weighted by atomic mass is 9.82. The second kappa shape index (κ2) is 8.77. The van der Waals surface area contributed by atoms with E-state index in [1.54, 1.807) is 0 Å². The van der Waals surface area contributed by atoms with E-state index in [1.807, 2.05) is 0 Å². The van der Waals surface area contributed by atoms with Gasteiger partial charge in [0.15, 0.2) is 27.3 Å². The summed E-state index contributed by atoms with van der Waals surface area (Å²) in [7, 11) is -4.13. The Morgan fingerprint density at radius 3 is 2.53 bits per heavy atom. The van der Waals surface area contributed by atoms with Gasteiger partial charge >= 0.3 is 0 Å². The molecule has 2 bridgehead atoms. The first-order valence-electron chi connectivity index (χ1n) is 10.2. The molecule has 0 aromatic heterocycles. The van der Waals surface area contributed by atoms with Crippen LogP contribution in [-0.2, 0) is 9.84 Å². The molecular weight excluding hydrogens is 497 g/mol. The van der Waals surface area contributed by atoms with E-state index in [0.29, 0.717) is 25.0 Å². The fourth-order valence-corrected chi connectivity index (χ4v) is 8.10. The number of carbonyl (C=O) groups excluding carboxylic acids is 1. The average Bonchev–Trinajstić information content (AvgIpc) is 3.35. The molecule has 0 saturated heterocycles. The molecule has 2 aliphatic carbocycles. The van der Waals surface area contributed by atoms with Crippen LogP contribution in [0.25, 0.3) is 10.4 Å². The van der Waals surface area contributed by atoms with E-state index in [0.717, 1.165) is 6.07 Å². The lowest BCUT2D eigenvalue weighted by Crippen LogP contribution is -2.40. The van der Waals surface area contributed by atoms with Gasteiger partial charge in [0.2, 0.25) is 0 Å². The van der Waals surface area contributed by atoms with Gasteiger partial charge < -0.3 is 10.4 Å². The van der Waals surface area contributed by atoms with E-state index in [2.05, 4.69) is 15.3 Å². The van der Waals surface area contributed by atoms with Gasteiger partial charge in [-0.2, -0.15) is 0 Å². The van der Waals surface area contributed by atoms with Crippen molar-refractivity contribution in [3.8, 4) is 0 Å². The minimum atomic E-state index is -4.13. The molecule has 0 radical (unpaired) electrons. The van der Waals surface area contributed by atoms with Crippen molar-refractivity contribution in [3.05, 3.63) is 68.8 Å². The molecule has 1 amide bonds. The maximum absolute atomic E-state index is 13.6. The van der Waals surface area contributed by atoms with Crippen LogP contribution in [0.1, 0.15) is 29.6 Å². The molecule has 2 aromatic carbocycles. The van der Waals surface area contributed by atoms with Crippen molar-refractivity contribution in [2.75, 3.05) is 11.9 Å². The average molecular weight is 515 g/mol. The Labute approximate surface area is 197 Å². The number of rotatable bonds is 6. The summed E-state index contributed by atoms with van der Waals surface area (Å²) in [6, 6.07) is 4.66. The van der Waals surface area contributed by atoms with Crippen molar-refractivity contribution in [1.82, 2.24) is 0 Å². The number of sulfone groups is 1. The normalized spacial score (nSPS) is 25.7. The third-order valence-corrected chi connectivity index (χ3v) is 9.46.